The Kier molecular flexibility index (Phi) is 10.0. The van der Waals surface area contributed by atoms with E-state index in [1.165, 1.54) is 23.5 Å². The molecule has 3 aromatic rings. The maximum Gasteiger partial charge on any atom is 0.226 e. The van der Waals surface area contributed by atoms with Crippen LogP contribution in [-0.4, -0.2) is 35.7 Å². The Morgan fingerprint density at radius 2 is 2.03 bits per heavy atom. The molecule has 30 heavy (non-hydrogen) atoms. The van der Waals surface area contributed by atoms with Gasteiger partial charge in [-0.2, -0.15) is 0 Å². The quantitative estimate of drug-likeness (QED) is 0.211. The minimum absolute atomic E-state index is 0. The van der Waals surface area contributed by atoms with Crippen molar-refractivity contribution in [2.75, 3.05) is 19.6 Å². The van der Waals surface area contributed by atoms with Crippen LogP contribution in [0.5, 0.6) is 0 Å². The van der Waals surface area contributed by atoms with Crippen LogP contribution in [0.1, 0.15) is 23.6 Å². The number of nitrogens with zero attached hydrogens (tertiary/aromatic N) is 2. The number of guanidine groups is 1. The van der Waals surface area contributed by atoms with Crippen LogP contribution in [0.15, 0.2) is 52.1 Å². The molecule has 0 aliphatic rings. The molecular formula is C20H23ClFIN4O2S. The SMILES string of the molecule is CCNC(=NCC(O)c1ccc(Cl)s1)NCCc1coc(-c2ccc(F)cc2)n1.I. The number of nitrogens with one attached hydrogen (secondary N) is 2. The van der Waals surface area contributed by atoms with E-state index in [1.807, 2.05) is 6.92 Å². The zero-order valence-electron chi connectivity index (χ0n) is 16.3. The number of rotatable bonds is 8. The summed E-state index contributed by atoms with van der Waals surface area (Å²) in [7, 11) is 0. The number of thiophene rings is 1. The van der Waals surface area contributed by atoms with Crippen molar-refractivity contribution in [1.29, 1.82) is 0 Å². The van der Waals surface area contributed by atoms with E-state index >= 15 is 0 Å². The molecule has 3 N–H and O–H groups in total. The van der Waals surface area contributed by atoms with E-state index in [-0.39, 0.29) is 36.3 Å². The highest BCUT2D eigenvalue weighted by Gasteiger charge is 2.11. The summed E-state index contributed by atoms with van der Waals surface area (Å²) in [5.74, 6) is 0.766. The molecule has 0 fully saturated rings. The van der Waals surface area contributed by atoms with Gasteiger partial charge in [0.15, 0.2) is 5.96 Å². The van der Waals surface area contributed by atoms with Gasteiger partial charge in [-0.1, -0.05) is 11.6 Å². The van der Waals surface area contributed by atoms with Gasteiger partial charge in [0.2, 0.25) is 5.89 Å². The van der Waals surface area contributed by atoms with E-state index in [9.17, 15) is 9.50 Å². The van der Waals surface area contributed by atoms with Crippen LogP contribution in [0, 0.1) is 5.82 Å². The second-order valence-electron chi connectivity index (χ2n) is 6.20. The zero-order chi connectivity index (χ0) is 20.6. The van der Waals surface area contributed by atoms with Crippen molar-refractivity contribution >= 4 is 52.9 Å². The first-order valence-electron chi connectivity index (χ1n) is 9.21. The van der Waals surface area contributed by atoms with Crippen LogP contribution >= 0.6 is 46.9 Å². The molecular weight excluding hydrogens is 542 g/mol. The molecule has 0 spiro atoms. The summed E-state index contributed by atoms with van der Waals surface area (Å²) in [5.41, 5.74) is 1.50. The second kappa shape index (κ2) is 12.2. The number of benzene rings is 1. The molecule has 0 aliphatic carbocycles. The molecule has 1 aromatic carbocycles. The normalized spacial score (nSPS) is 12.3. The van der Waals surface area contributed by atoms with E-state index in [0.717, 1.165) is 16.1 Å². The number of aliphatic hydroxyl groups is 1. The van der Waals surface area contributed by atoms with Crippen molar-refractivity contribution in [3.05, 3.63) is 63.4 Å². The van der Waals surface area contributed by atoms with Crippen molar-refractivity contribution in [1.82, 2.24) is 15.6 Å². The number of aliphatic imine (C=N–C) groups is 1. The molecule has 0 saturated carbocycles. The van der Waals surface area contributed by atoms with Gasteiger partial charge in [-0.15, -0.1) is 35.3 Å². The lowest BCUT2D eigenvalue weighted by Crippen LogP contribution is -2.38. The Bertz CT molecular complexity index is 948. The number of hydrogen-bond acceptors (Lipinski definition) is 5. The van der Waals surface area contributed by atoms with Crippen molar-refractivity contribution in [3.8, 4) is 11.5 Å². The third-order valence-electron chi connectivity index (χ3n) is 4.01. The lowest BCUT2D eigenvalue weighted by atomic mass is 10.2. The van der Waals surface area contributed by atoms with E-state index in [4.69, 9.17) is 16.0 Å². The number of aliphatic hydroxyl groups excluding tert-OH is 1. The van der Waals surface area contributed by atoms with Gasteiger partial charge in [0.1, 0.15) is 18.2 Å². The summed E-state index contributed by atoms with van der Waals surface area (Å²) < 4.78 is 19.1. The highest BCUT2D eigenvalue weighted by Crippen LogP contribution is 2.26. The largest absolute Gasteiger partial charge is 0.444 e. The monoisotopic (exact) mass is 564 g/mol. The van der Waals surface area contributed by atoms with Crippen LogP contribution in [0.2, 0.25) is 4.34 Å². The van der Waals surface area contributed by atoms with E-state index < -0.39 is 6.10 Å². The van der Waals surface area contributed by atoms with Crippen molar-refractivity contribution in [2.24, 2.45) is 4.99 Å². The average molecular weight is 565 g/mol. The molecule has 0 radical (unpaired) electrons. The second-order valence-corrected chi connectivity index (χ2v) is 7.95. The first-order chi connectivity index (χ1) is 14.0. The van der Waals surface area contributed by atoms with Crippen LogP contribution < -0.4 is 10.6 Å². The Balaban J connectivity index is 0.00000320. The fourth-order valence-corrected chi connectivity index (χ4v) is 3.61. The Hall–Kier alpha value is -1.69. The Morgan fingerprint density at radius 1 is 1.27 bits per heavy atom. The summed E-state index contributed by atoms with van der Waals surface area (Å²) in [4.78, 5) is 9.63. The lowest BCUT2D eigenvalue weighted by Gasteiger charge is -2.12. The van der Waals surface area contributed by atoms with Crippen molar-refractivity contribution in [2.45, 2.75) is 19.4 Å². The maximum absolute atomic E-state index is 13.0. The lowest BCUT2D eigenvalue weighted by molar-refractivity contribution is 0.191. The molecule has 0 saturated heterocycles. The maximum atomic E-state index is 13.0. The van der Waals surface area contributed by atoms with E-state index in [2.05, 4.69) is 20.6 Å². The highest BCUT2D eigenvalue weighted by molar-refractivity contribution is 14.0. The molecule has 1 unspecified atom stereocenters. The third kappa shape index (κ3) is 7.22. The molecule has 0 aliphatic heterocycles. The van der Waals surface area contributed by atoms with Gasteiger partial charge in [-0.05, 0) is 43.3 Å². The van der Waals surface area contributed by atoms with Crippen molar-refractivity contribution in [3.63, 3.8) is 0 Å². The average Bonchev–Trinajstić information content (AvgIpc) is 3.36. The molecule has 3 rings (SSSR count). The number of aromatic nitrogens is 1. The van der Waals surface area contributed by atoms with E-state index in [1.54, 1.807) is 30.5 Å². The smallest absolute Gasteiger partial charge is 0.226 e. The molecule has 1 atom stereocenters. The molecule has 162 valence electrons. The number of hydrogen-bond donors (Lipinski definition) is 3. The first-order valence-corrected chi connectivity index (χ1v) is 10.4. The minimum Gasteiger partial charge on any atom is -0.444 e. The summed E-state index contributed by atoms with van der Waals surface area (Å²) in [5, 5.41) is 16.6. The molecule has 0 amide bonds. The van der Waals surface area contributed by atoms with Gasteiger partial charge in [0.25, 0.3) is 0 Å². The molecule has 10 heteroatoms. The summed E-state index contributed by atoms with van der Waals surface area (Å²) in [6.07, 6.45) is 1.52. The topological polar surface area (TPSA) is 82.7 Å². The van der Waals surface area contributed by atoms with Crippen LogP contribution in [0.4, 0.5) is 4.39 Å². The number of oxazole rings is 1. The zero-order valence-corrected chi connectivity index (χ0v) is 20.2. The predicted octanol–water partition coefficient (Wildman–Crippen LogP) is 4.64. The fourth-order valence-electron chi connectivity index (χ4n) is 2.57. The van der Waals surface area contributed by atoms with Crippen molar-refractivity contribution < 1.29 is 13.9 Å². The fraction of sp³-hybridized carbons (Fsp3) is 0.300. The molecule has 2 aromatic heterocycles. The minimum atomic E-state index is -0.697. The highest BCUT2D eigenvalue weighted by atomic mass is 127. The Morgan fingerprint density at radius 3 is 2.70 bits per heavy atom. The summed E-state index contributed by atoms with van der Waals surface area (Å²) >= 11 is 7.25. The molecule has 6 nitrogen and oxygen atoms in total. The Labute approximate surface area is 200 Å². The number of halogens is 3. The van der Waals surface area contributed by atoms with Crippen LogP contribution in [0.25, 0.3) is 11.5 Å². The van der Waals surface area contributed by atoms with Crippen LogP contribution in [0.3, 0.4) is 0 Å². The third-order valence-corrected chi connectivity index (χ3v) is 5.34. The summed E-state index contributed by atoms with van der Waals surface area (Å²) in [6.45, 7) is 3.48. The predicted molar refractivity (Wildman–Crippen MR) is 129 cm³/mol. The van der Waals surface area contributed by atoms with Gasteiger partial charge < -0.3 is 20.2 Å². The van der Waals surface area contributed by atoms with Gasteiger partial charge in [-0.25, -0.2) is 9.37 Å². The summed E-state index contributed by atoms with van der Waals surface area (Å²) in [6, 6.07) is 9.57. The molecule has 0 bridgehead atoms. The first kappa shape index (κ1) is 24.6. The van der Waals surface area contributed by atoms with E-state index in [0.29, 0.717) is 35.7 Å². The van der Waals surface area contributed by atoms with Gasteiger partial charge in [0.05, 0.1) is 16.6 Å². The van der Waals surface area contributed by atoms with Gasteiger partial charge in [-0.3, -0.25) is 4.99 Å². The van der Waals surface area contributed by atoms with Gasteiger partial charge >= 0.3 is 0 Å². The van der Waals surface area contributed by atoms with Crippen LogP contribution in [-0.2, 0) is 6.42 Å². The molecule has 2 heterocycles. The van der Waals surface area contributed by atoms with Gasteiger partial charge in [0, 0.05) is 30.0 Å². The standard InChI is InChI=1S/C20H22ClFN4O2S.HI/c1-2-23-20(25-11-16(27)17-7-8-18(21)29-17)24-10-9-15-12-28-19(26-15)13-3-5-14(22)6-4-13;/h3-8,12,16,27H,2,9-11H2,1H3,(H2,23,24,25);1H.